The molecule has 2 aromatic heterocycles. The molecular weight excluding hydrogens is 360 g/mol. The SMILES string of the molecule is CC(C)NC(=O)[C@H](NC(=O)c1ccc2nc(-n3cccc3)sc2c1)C(C)C. The largest absolute Gasteiger partial charge is 0.352 e. The van der Waals surface area contributed by atoms with Crippen molar-refractivity contribution in [1.82, 2.24) is 20.2 Å². The fourth-order valence-electron chi connectivity index (χ4n) is 2.76. The van der Waals surface area contributed by atoms with Crippen molar-refractivity contribution in [1.29, 1.82) is 0 Å². The predicted molar refractivity (Wildman–Crippen MR) is 108 cm³/mol. The number of aromatic nitrogens is 2. The molecule has 0 saturated heterocycles. The van der Waals surface area contributed by atoms with E-state index in [2.05, 4.69) is 15.6 Å². The maximum atomic E-state index is 12.7. The molecule has 0 spiro atoms. The first-order valence-corrected chi connectivity index (χ1v) is 9.82. The molecule has 0 aliphatic heterocycles. The van der Waals surface area contributed by atoms with Gasteiger partial charge in [0.1, 0.15) is 6.04 Å². The van der Waals surface area contributed by atoms with Gasteiger partial charge in [0, 0.05) is 24.0 Å². The first kappa shape index (κ1) is 19.1. The van der Waals surface area contributed by atoms with Gasteiger partial charge >= 0.3 is 0 Å². The Bertz CT molecular complexity index is 944. The van der Waals surface area contributed by atoms with Gasteiger partial charge in [0.25, 0.3) is 5.91 Å². The van der Waals surface area contributed by atoms with E-state index in [1.165, 1.54) is 11.3 Å². The summed E-state index contributed by atoms with van der Waals surface area (Å²) in [6.45, 7) is 7.63. The Morgan fingerprint density at radius 3 is 2.41 bits per heavy atom. The minimum atomic E-state index is -0.576. The number of nitrogens with zero attached hydrogens (tertiary/aromatic N) is 2. The fourth-order valence-corrected chi connectivity index (χ4v) is 3.73. The quantitative estimate of drug-likeness (QED) is 0.684. The molecule has 2 N–H and O–H groups in total. The average molecular weight is 385 g/mol. The van der Waals surface area contributed by atoms with Crippen molar-refractivity contribution >= 4 is 33.4 Å². The molecule has 1 aromatic carbocycles. The van der Waals surface area contributed by atoms with Gasteiger partial charge in [0.2, 0.25) is 5.91 Å². The normalized spacial score (nSPS) is 12.5. The summed E-state index contributed by atoms with van der Waals surface area (Å²) in [5.74, 6) is -0.437. The standard InChI is InChI=1S/C20H24N4O2S/c1-12(2)17(19(26)21-13(3)4)23-18(25)14-7-8-15-16(11-14)27-20(22-15)24-9-5-6-10-24/h5-13,17H,1-4H3,(H,21,26)(H,23,25)/t17-/m1/s1. The second-order valence-corrected chi connectivity index (χ2v) is 8.14. The molecule has 0 aliphatic carbocycles. The molecule has 3 aromatic rings. The van der Waals surface area contributed by atoms with Crippen molar-refractivity contribution in [3.63, 3.8) is 0 Å². The zero-order valence-corrected chi connectivity index (χ0v) is 16.7. The summed E-state index contributed by atoms with van der Waals surface area (Å²) in [5.41, 5.74) is 1.37. The molecule has 1 atom stereocenters. The van der Waals surface area contributed by atoms with Crippen LogP contribution in [0.15, 0.2) is 42.7 Å². The van der Waals surface area contributed by atoms with Crippen LogP contribution >= 0.6 is 11.3 Å². The zero-order valence-electron chi connectivity index (χ0n) is 15.9. The smallest absolute Gasteiger partial charge is 0.251 e. The first-order chi connectivity index (χ1) is 12.8. The van der Waals surface area contributed by atoms with Gasteiger partial charge in [-0.2, -0.15) is 0 Å². The number of amides is 2. The zero-order chi connectivity index (χ0) is 19.6. The number of nitrogens with one attached hydrogen (secondary N) is 2. The molecule has 142 valence electrons. The summed E-state index contributed by atoms with van der Waals surface area (Å²) in [5, 5.41) is 6.58. The van der Waals surface area contributed by atoms with Gasteiger partial charge in [0.15, 0.2) is 5.13 Å². The Labute approximate surface area is 162 Å². The molecule has 0 saturated carbocycles. The topological polar surface area (TPSA) is 76.0 Å². The number of fused-ring (bicyclic) bond motifs is 1. The van der Waals surface area contributed by atoms with Crippen LogP contribution in [0.1, 0.15) is 38.1 Å². The molecule has 3 rings (SSSR count). The van der Waals surface area contributed by atoms with Crippen molar-refractivity contribution < 1.29 is 9.59 Å². The highest BCUT2D eigenvalue weighted by Gasteiger charge is 2.25. The van der Waals surface area contributed by atoms with Crippen LogP contribution in [0.4, 0.5) is 0 Å². The summed E-state index contributed by atoms with van der Waals surface area (Å²) < 4.78 is 2.87. The summed E-state index contributed by atoms with van der Waals surface area (Å²) in [7, 11) is 0. The third kappa shape index (κ3) is 4.36. The van der Waals surface area contributed by atoms with Crippen LogP contribution in [0.3, 0.4) is 0 Å². The number of thiazole rings is 1. The third-order valence-electron chi connectivity index (χ3n) is 4.13. The van der Waals surface area contributed by atoms with Gasteiger partial charge in [-0.3, -0.25) is 9.59 Å². The van der Waals surface area contributed by atoms with Crippen LogP contribution in [0.25, 0.3) is 15.3 Å². The van der Waals surface area contributed by atoms with E-state index in [4.69, 9.17) is 0 Å². The molecular formula is C20H24N4O2S. The lowest BCUT2D eigenvalue weighted by atomic mass is 10.0. The van der Waals surface area contributed by atoms with E-state index >= 15 is 0 Å². The van der Waals surface area contributed by atoms with E-state index in [1.54, 1.807) is 6.07 Å². The maximum absolute atomic E-state index is 12.7. The Balaban J connectivity index is 1.81. The average Bonchev–Trinajstić information content (AvgIpc) is 3.26. The number of hydrogen-bond donors (Lipinski definition) is 2. The van der Waals surface area contributed by atoms with Crippen LogP contribution in [0.5, 0.6) is 0 Å². The maximum Gasteiger partial charge on any atom is 0.251 e. The van der Waals surface area contributed by atoms with Gasteiger partial charge in [-0.05, 0) is 50.1 Å². The van der Waals surface area contributed by atoms with E-state index < -0.39 is 6.04 Å². The van der Waals surface area contributed by atoms with Crippen molar-refractivity contribution in [2.24, 2.45) is 5.92 Å². The molecule has 6 nitrogen and oxygen atoms in total. The minimum absolute atomic E-state index is 0.0137. The van der Waals surface area contributed by atoms with E-state index in [1.807, 2.05) is 68.9 Å². The van der Waals surface area contributed by atoms with Crippen molar-refractivity contribution in [2.75, 3.05) is 0 Å². The molecule has 2 heterocycles. The third-order valence-corrected chi connectivity index (χ3v) is 5.16. The van der Waals surface area contributed by atoms with Gasteiger partial charge < -0.3 is 15.2 Å². The molecule has 0 fully saturated rings. The highest BCUT2D eigenvalue weighted by molar-refractivity contribution is 7.20. The number of carbonyl (C=O) groups excluding carboxylic acids is 2. The molecule has 2 amide bonds. The Morgan fingerprint density at radius 2 is 1.78 bits per heavy atom. The number of carbonyl (C=O) groups is 2. The lowest BCUT2D eigenvalue weighted by molar-refractivity contribution is -0.124. The van der Waals surface area contributed by atoms with Crippen LogP contribution in [-0.2, 0) is 4.79 Å². The van der Waals surface area contributed by atoms with E-state index in [-0.39, 0.29) is 23.8 Å². The fraction of sp³-hybridized carbons (Fsp3) is 0.350. The Morgan fingerprint density at radius 1 is 1.07 bits per heavy atom. The molecule has 0 radical (unpaired) electrons. The summed E-state index contributed by atoms with van der Waals surface area (Å²) in [4.78, 5) is 29.7. The van der Waals surface area contributed by atoms with Gasteiger partial charge in [0.05, 0.1) is 10.2 Å². The van der Waals surface area contributed by atoms with Crippen LogP contribution < -0.4 is 10.6 Å². The van der Waals surface area contributed by atoms with Gasteiger partial charge in [-0.1, -0.05) is 25.2 Å². The highest BCUT2D eigenvalue weighted by Crippen LogP contribution is 2.26. The van der Waals surface area contributed by atoms with Crippen LogP contribution in [0.2, 0.25) is 0 Å². The molecule has 7 heteroatoms. The molecule has 0 aliphatic rings. The summed E-state index contributed by atoms with van der Waals surface area (Å²) >= 11 is 1.52. The number of rotatable bonds is 6. The lowest BCUT2D eigenvalue weighted by Gasteiger charge is -2.23. The Hall–Kier alpha value is -2.67. The van der Waals surface area contributed by atoms with Crippen LogP contribution in [-0.4, -0.2) is 33.4 Å². The lowest BCUT2D eigenvalue weighted by Crippen LogP contribution is -2.51. The number of hydrogen-bond acceptors (Lipinski definition) is 4. The monoisotopic (exact) mass is 384 g/mol. The summed E-state index contributed by atoms with van der Waals surface area (Å²) in [6.07, 6.45) is 3.87. The highest BCUT2D eigenvalue weighted by atomic mass is 32.1. The first-order valence-electron chi connectivity index (χ1n) is 9.00. The molecule has 0 bridgehead atoms. The minimum Gasteiger partial charge on any atom is -0.352 e. The van der Waals surface area contributed by atoms with Crippen molar-refractivity contribution in [3.8, 4) is 5.13 Å². The number of benzene rings is 1. The van der Waals surface area contributed by atoms with Crippen LogP contribution in [0, 0.1) is 5.92 Å². The van der Waals surface area contributed by atoms with Crippen molar-refractivity contribution in [2.45, 2.75) is 39.8 Å². The predicted octanol–water partition coefficient (Wildman–Crippen LogP) is 3.37. The second-order valence-electron chi connectivity index (χ2n) is 7.13. The van der Waals surface area contributed by atoms with Crippen molar-refractivity contribution in [3.05, 3.63) is 48.3 Å². The Kier molecular flexibility index (Phi) is 5.60. The van der Waals surface area contributed by atoms with E-state index in [9.17, 15) is 9.59 Å². The summed E-state index contributed by atoms with van der Waals surface area (Å²) in [6, 6.07) is 8.75. The molecule has 27 heavy (non-hydrogen) atoms. The van der Waals surface area contributed by atoms with Gasteiger partial charge in [-0.15, -0.1) is 0 Å². The molecule has 0 unspecified atom stereocenters. The van der Waals surface area contributed by atoms with E-state index in [0.29, 0.717) is 5.56 Å². The van der Waals surface area contributed by atoms with Gasteiger partial charge in [-0.25, -0.2) is 4.98 Å². The van der Waals surface area contributed by atoms with E-state index in [0.717, 1.165) is 15.3 Å². The second kappa shape index (κ2) is 7.92.